The molecular formula is C8H13N3O2S. The molecule has 1 amide bonds. The average molecular weight is 215 g/mol. The molecule has 0 aliphatic rings. The van der Waals surface area contributed by atoms with Gasteiger partial charge in [-0.25, -0.2) is 0 Å². The normalized spacial score (nSPS) is 10.6. The number of aromatic nitrogens is 2. The molecule has 0 aromatic carbocycles. The predicted molar refractivity (Wildman–Crippen MR) is 54.2 cm³/mol. The third-order valence-electron chi connectivity index (χ3n) is 1.44. The molecule has 1 aromatic heterocycles. The van der Waals surface area contributed by atoms with Crippen molar-refractivity contribution >= 4 is 22.4 Å². The first kappa shape index (κ1) is 11.1. The zero-order chi connectivity index (χ0) is 10.6. The molecule has 5 nitrogen and oxygen atoms in total. The molecule has 14 heavy (non-hydrogen) atoms. The Hall–Kier alpha value is -1.01. The van der Waals surface area contributed by atoms with Gasteiger partial charge in [-0.15, -0.1) is 10.2 Å². The van der Waals surface area contributed by atoms with Crippen LogP contribution in [0, 0.1) is 5.92 Å². The van der Waals surface area contributed by atoms with Gasteiger partial charge in [-0.05, 0) is 5.92 Å². The fraction of sp³-hybridized carbons (Fsp3) is 0.625. The highest BCUT2D eigenvalue weighted by Gasteiger charge is 2.07. The number of hydrogen-bond acceptors (Lipinski definition) is 5. The lowest BCUT2D eigenvalue weighted by Crippen LogP contribution is -2.15. The van der Waals surface area contributed by atoms with E-state index in [1.54, 1.807) is 0 Å². The van der Waals surface area contributed by atoms with Crippen molar-refractivity contribution < 1.29 is 9.90 Å². The third kappa shape index (κ3) is 3.39. The molecule has 1 aromatic rings. The summed E-state index contributed by atoms with van der Waals surface area (Å²) >= 11 is 1.34. The van der Waals surface area contributed by atoms with E-state index in [0.717, 1.165) is 11.4 Å². The van der Waals surface area contributed by atoms with Crippen LogP contribution in [0.3, 0.4) is 0 Å². The van der Waals surface area contributed by atoms with Crippen LogP contribution in [0.5, 0.6) is 0 Å². The van der Waals surface area contributed by atoms with Crippen LogP contribution in [-0.4, -0.2) is 27.8 Å². The van der Waals surface area contributed by atoms with Crippen molar-refractivity contribution in [2.24, 2.45) is 5.92 Å². The van der Waals surface area contributed by atoms with Gasteiger partial charge in [0.05, 0.1) is 0 Å². The quantitative estimate of drug-likeness (QED) is 0.774. The summed E-state index contributed by atoms with van der Waals surface area (Å²) < 4.78 is 0. The highest BCUT2D eigenvalue weighted by molar-refractivity contribution is 7.15. The Labute approximate surface area is 86.2 Å². The van der Waals surface area contributed by atoms with Crippen molar-refractivity contribution in [1.82, 2.24) is 10.2 Å². The first-order chi connectivity index (χ1) is 6.61. The SMILES string of the molecule is CC(C)Cc1nnc(NC(=O)CO)s1. The molecule has 0 aliphatic carbocycles. The number of carbonyl (C=O) groups excluding carboxylic acids is 1. The molecule has 0 saturated heterocycles. The van der Waals surface area contributed by atoms with E-state index >= 15 is 0 Å². The van der Waals surface area contributed by atoms with Crippen LogP contribution >= 0.6 is 11.3 Å². The van der Waals surface area contributed by atoms with E-state index in [2.05, 4.69) is 29.4 Å². The van der Waals surface area contributed by atoms with Crippen molar-refractivity contribution in [3.63, 3.8) is 0 Å². The largest absolute Gasteiger partial charge is 0.387 e. The van der Waals surface area contributed by atoms with Gasteiger partial charge in [0, 0.05) is 6.42 Å². The summed E-state index contributed by atoms with van der Waals surface area (Å²) in [4.78, 5) is 10.8. The molecule has 0 fully saturated rings. The minimum atomic E-state index is -0.529. The van der Waals surface area contributed by atoms with Crippen LogP contribution in [-0.2, 0) is 11.2 Å². The molecule has 1 heterocycles. The van der Waals surface area contributed by atoms with Crippen molar-refractivity contribution in [3.8, 4) is 0 Å². The number of rotatable bonds is 4. The number of hydrogen-bond donors (Lipinski definition) is 2. The number of nitrogens with zero attached hydrogens (tertiary/aromatic N) is 2. The van der Waals surface area contributed by atoms with E-state index in [1.807, 2.05) is 0 Å². The van der Waals surface area contributed by atoms with Gasteiger partial charge in [-0.2, -0.15) is 0 Å². The molecule has 78 valence electrons. The topological polar surface area (TPSA) is 75.1 Å². The third-order valence-corrected chi connectivity index (χ3v) is 2.30. The zero-order valence-electron chi connectivity index (χ0n) is 8.15. The van der Waals surface area contributed by atoms with Gasteiger partial charge in [-0.1, -0.05) is 25.2 Å². The Bertz CT molecular complexity index is 311. The molecule has 0 bridgehead atoms. The van der Waals surface area contributed by atoms with Crippen LogP contribution in [0.1, 0.15) is 18.9 Å². The molecule has 1 rings (SSSR count). The number of anilines is 1. The number of aliphatic hydroxyl groups is 1. The van der Waals surface area contributed by atoms with E-state index < -0.39 is 12.5 Å². The second-order valence-corrected chi connectivity index (χ2v) is 4.37. The molecular weight excluding hydrogens is 202 g/mol. The second-order valence-electron chi connectivity index (χ2n) is 3.31. The summed E-state index contributed by atoms with van der Waals surface area (Å²) in [5, 5.41) is 20.0. The van der Waals surface area contributed by atoms with Crippen LogP contribution in [0.2, 0.25) is 0 Å². The van der Waals surface area contributed by atoms with Crippen LogP contribution < -0.4 is 5.32 Å². The lowest BCUT2D eigenvalue weighted by molar-refractivity contribution is -0.118. The number of amides is 1. The molecule has 0 unspecified atom stereocenters. The Morgan fingerprint density at radius 1 is 1.57 bits per heavy atom. The van der Waals surface area contributed by atoms with Crippen molar-refractivity contribution in [1.29, 1.82) is 0 Å². The molecule has 6 heteroatoms. The predicted octanol–water partition coefficient (Wildman–Crippen LogP) is 0.667. The van der Waals surface area contributed by atoms with E-state index in [0.29, 0.717) is 11.0 Å². The summed E-state index contributed by atoms with van der Waals surface area (Å²) in [6.07, 6.45) is 0.854. The monoisotopic (exact) mass is 215 g/mol. The fourth-order valence-corrected chi connectivity index (χ4v) is 1.86. The van der Waals surface area contributed by atoms with E-state index in [4.69, 9.17) is 5.11 Å². The first-order valence-electron chi connectivity index (χ1n) is 4.35. The number of aliphatic hydroxyl groups excluding tert-OH is 1. The van der Waals surface area contributed by atoms with E-state index in [9.17, 15) is 4.79 Å². The van der Waals surface area contributed by atoms with Crippen LogP contribution in [0.25, 0.3) is 0 Å². The standard InChI is InChI=1S/C8H13N3O2S/c1-5(2)3-7-10-11-8(14-7)9-6(13)4-12/h5,12H,3-4H2,1-2H3,(H,9,11,13). The lowest BCUT2D eigenvalue weighted by atomic mass is 10.1. The molecule has 2 N–H and O–H groups in total. The second kappa shape index (κ2) is 5.02. The zero-order valence-corrected chi connectivity index (χ0v) is 8.97. The van der Waals surface area contributed by atoms with Crippen molar-refractivity contribution in [2.45, 2.75) is 20.3 Å². The minimum Gasteiger partial charge on any atom is -0.387 e. The van der Waals surface area contributed by atoms with Gasteiger partial charge >= 0.3 is 0 Å². The van der Waals surface area contributed by atoms with Gasteiger partial charge in [0.1, 0.15) is 11.6 Å². The van der Waals surface area contributed by atoms with Gasteiger partial charge in [0.15, 0.2) is 0 Å². The van der Waals surface area contributed by atoms with E-state index in [-0.39, 0.29) is 0 Å². The molecule has 0 aliphatic heterocycles. The molecule has 0 saturated carbocycles. The molecule has 0 atom stereocenters. The van der Waals surface area contributed by atoms with Gasteiger partial charge < -0.3 is 5.11 Å². The Morgan fingerprint density at radius 3 is 2.86 bits per heavy atom. The summed E-state index contributed by atoms with van der Waals surface area (Å²) in [6.45, 7) is 3.65. The highest BCUT2D eigenvalue weighted by atomic mass is 32.1. The average Bonchev–Trinajstić information content (AvgIpc) is 2.51. The Morgan fingerprint density at radius 2 is 2.29 bits per heavy atom. The summed E-state index contributed by atoms with van der Waals surface area (Å²) in [5.41, 5.74) is 0. The summed E-state index contributed by atoms with van der Waals surface area (Å²) in [6, 6.07) is 0. The van der Waals surface area contributed by atoms with Crippen molar-refractivity contribution in [3.05, 3.63) is 5.01 Å². The Kier molecular flexibility index (Phi) is 3.97. The lowest BCUT2D eigenvalue weighted by Gasteiger charge is -1.97. The number of carbonyl (C=O) groups is 1. The van der Waals surface area contributed by atoms with Gasteiger partial charge in [0.25, 0.3) is 5.91 Å². The number of nitrogens with one attached hydrogen (secondary N) is 1. The minimum absolute atomic E-state index is 0.444. The fourth-order valence-electron chi connectivity index (χ4n) is 0.895. The molecule has 0 spiro atoms. The summed E-state index contributed by atoms with van der Waals surface area (Å²) in [5.74, 6) is 0.0570. The van der Waals surface area contributed by atoms with E-state index in [1.165, 1.54) is 11.3 Å². The molecule has 0 radical (unpaired) electrons. The van der Waals surface area contributed by atoms with Crippen LogP contribution in [0.15, 0.2) is 0 Å². The van der Waals surface area contributed by atoms with Gasteiger partial charge in [0.2, 0.25) is 5.13 Å². The van der Waals surface area contributed by atoms with Gasteiger partial charge in [-0.3, -0.25) is 10.1 Å². The smallest absolute Gasteiger partial charge is 0.251 e. The summed E-state index contributed by atoms with van der Waals surface area (Å²) in [7, 11) is 0. The maximum atomic E-state index is 10.8. The Balaban J connectivity index is 2.55. The highest BCUT2D eigenvalue weighted by Crippen LogP contribution is 2.17. The first-order valence-corrected chi connectivity index (χ1v) is 5.16. The van der Waals surface area contributed by atoms with Crippen molar-refractivity contribution in [2.75, 3.05) is 11.9 Å². The maximum Gasteiger partial charge on any atom is 0.251 e. The van der Waals surface area contributed by atoms with Crippen LogP contribution in [0.4, 0.5) is 5.13 Å². The maximum absolute atomic E-state index is 10.8.